The van der Waals surface area contributed by atoms with Crippen molar-refractivity contribution in [2.75, 3.05) is 13.7 Å². The van der Waals surface area contributed by atoms with Crippen molar-refractivity contribution in [2.24, 2.45) is 0 Å². The summed E-state index contributed by atoms with van der Waals surface area (Å²) >= 11 is 0. The maximum Gasteiger partial charge on any atom is 0.137 e. The zero-order valence-corrected chi connectivity index (χ0v) is 12.8. The Kier molecular flexibility index (Phi) is 4.60. The van der Waals surface area contributed by atoms with E-state index in [1.807, 2.05) is 19.9 Å². The minimum atomic E-state index is -0.658. The van der Waals surface area contributed by atoms with Crippen molar-refractivity contribution >= 4 is 0 Å². The summed E-state index contributed by atoms with van der Waals surface area (Å²) in [6.07, 6.45) is 0. The second-order valence-electron chi connectivity index (χ2n) is 6.21. The molecule has 0 amide bonds. The predicted molar refractivity (Wildman–Crippen MR) is 78.5 cm³/mol. The standard InChI is InChI=1S/C16H24N2O/c1-12-9-13(15(2,3)4)7-8-14(12)19-11-16(5,10-17)18-6/h7-9,18H,11H2,1-6H3. The molecule has 0 aliphatic rings. The lowest BCUT2D eigenvalue weighted by molar-refractivity contribution is 0.241. The number of nitrogens with one attached hydrogen (secondary N) is 1. The molecular weight excluding hydrogens is 236 g/mol. The normalized spacial score (nSPS) is 14.6. The van der Waals surface area contributed by atoms with Crippen molar-refractivity contribution in [3.05, 3.63) is 29.3 Å². The van der Waals surface area contributed by atoms with E-state index >= 15 is 0 Å². The van der Waals surface area contributed by atoms with Crippen LogP contribution in [-0.4, -0.2) is 19.2 Å². The van der Waals surface area contributed by atoms with Gasteiger partial charge >= 0.3 is 0 Å². The van der Waals surface area contributed by atoms with Crippen LogP contribution < -0.4 is 10.1 Å². The summed E-state index contributed by atoms with van der Waals surface area (Å²) in [7, 11) is 1.77. The molecule has 0 spiro atoms. The van der Waals surface area contributed by atoms with Crippen LogP contribution in [0.25, 0.3) is 0 Å². The molecule has 3 nitrogen and oxygen atoms in total. The Morgan fingerprint density at radius 3 is 2.32 bits per heavy atom. The largest absolute Gasteiger partial charge is 0.490 e. The van der Waals surface area contributed by atoms with E-state index < -0.39 is 5.54 Å². The zero-order valence-electron chi connectivity index (χ0n) is 12.8. The highest BCUT2D eigenvalue weighted by Gasteiger charge is 2.22. The smallest absolute Gasteiger partial charge is 0.137 e. The van der Waals surface area contributed by atoms with Gasteiger partial charge in [-0.2, -0.15) is 5.26 Å². The van der Waals surface area contributed by atoms with Crippen molar-refractivity contribution < 1.29 is 4.74 Å². The van der Waals surface area contributed by atoms with E-state index in [0.717, 1.165) is 11.3 Å². The van der Waals surface area contributed by atoms with E-state index in [9.17, 15) is 0 Å². The number of benzene rings is 1. The van der Waals surface area contributed by atoms with Crippen LogP contribution in [0, 0.1) is 18.3 Å². The molecule has 0 radical (unpaired) electrons. The number of likely N-dealkylation sites (N-methyl/N-ethyl adjacent to an activating group) is 1. The van der Waals surface area contributed by atoms with Crippen molar-refractivity contribution in [1.29, 1.82) is 5.26 Å². The third kappa shape index (κ3) is 3.97. The number of hydrogen-bond donors (Lipinski definition) is 1. The third-order valence-electron chi connectivity index (χ3n) is 3.36. The van der Waals surface area contributed by atoms with Gasteiger partial charge in [-0.3, -0.25) is 5.32 Å². The molecule has 104 valence electrons. The molecule has 1 N–H and O–H groups in total. The van der Waals surface area contributed by atoms with Crippen molar-refractivity contribution in [3.8, 4) is 11.8 Å². The Labute approximate surface area is 116 Å². The summed E-state index contributed by atoms with van der Waals surface area (Å²) < 4.78 is 5.77. The molecule has 3 heteroatoms. The molecule has 0 aromatic heterocycles. The van der Waals surface area contributed by atoms with Crippen LogP contribution in [0.5, 0.6) is 5.75 Å². The summed E-state index contributed by atoms with van der Waals surface area (Å²) in [6, 6.07) is 8.45. The molecule has 0 bridgehead atoms. The van der Waals surface area contributed by atoms with Gasteiger partial charge in [0, 0.05) is 0 Å². The van der Waals surface area contributed by atoms with E-state index in [2.05, 4.69) is 44.3 Å². The molecule has 0 aliphatic carbocycles. The first kappa shape index (κ1) is 15.5. The van der Waals surface area contributed by atoms with Gasteiger partial charge in [0.2, 0.25) is 0 Å². The molecule has 1 atom stereocenters. The average molecular weight is 260 g/mol. The van der Waals surface area contributed by atoms with Gasteiger partial charge in [-0.25, -0.2) is 0 Å². The van der Waals surface area contributed by atoms with Gasteiger partial charge in [0.15, 0.2) is 0 Å². The number of ether oxygens (including phenoxy) is 1. The Bertz CT molecular complexity index is 483. The molecule has 0 fully saturated rings. The molecular formula is C16H24N2O. The minimum Gasteiger partial charge on any atom is -0.490 e. The Hall–Kier alpha value is -1.53. The zero-order chi connectivity index (χ0) is 14.7. The summed E-state index contributed by atoms with van der Waals surface area (Å²) in [5.74, 6) is 0.838. The number of rotatable bonds is 4. The highest BCUT2D eigenvalue weighted by atomic mass is 16.5. The van der Waals surface area contributed by atoms with Crippen LogP contribution in [0.3, 0.4) is 0 Å². The average Bonchev–Trinajstić information content (AvgIpc) is 2.35. The molecule has 0 aliphatic heterocycles. The number of nitriles is 1. The summed E-state index contributed by atoms with van der Waals surface area (Å²) in [6.45, 7) is 10.8. The van der Waals surface area contributed by atoms with Crippen molar-refractivity contribution in [3.63, 3.8) is 0 Å². The lowest BCUT2D eigenvalue weighted by atomic mass is 9.86. The van der Waals surface area contributed by atoms with Gasteiger partial charge in [-0.15, -0.1) is 0 Å². The lowest BCUT2D eigenvalue weighted by Crippen LogP contribution is -2.43. The molecule has 0 heterocycles. The fraction of sp³-hybridized carbons (Fsp3) is 0.562. The maximum atomic E-state index is 9.09. The van der Waals surface area contributed by atoms with E-state index in [1.54, 1.807) is 7.05 Å². The van der Waals surface area contributed by atoms with Crippen LogP contribution in [0.4, 0.5) is 0 Å². The first-order valence-electron chi connectivity index (χ1n) is 6.56. The lowest BCUT2D eigenvalue weighted by Gasteiger charge is -2.23. The fourth-order valence-corrected chi connectivity index (χ4v) is 1.66. The first-order chi connectivity index (χ1) is 8.72. The van der Waals surface area contributed by atoms with Gasteiger partial charge in [0.05, 0.1) is 6.07 Å². The van der Waals surface area contributed by atoms with Gasteiger partial charge in [0.25, 0.3) is 0 Å². The van der Waals surface area contributed by atoms with Crippen LogP contribution in [0.2, 0.25) is 0 Å². The number of aryl methyl sites for hydroxylation is 1. The summed E-state index contributed by atoms with van der Waals surface area (Å²) in [4.78, 5) is 0. The highest BCUT2D eigenvalue weighted by Crippen LogP contribution is 2.27. The quantitative estimate of drug-likeness (QED) is 0.904. The van der Waals surface area contributed by atoms with Crippen LogP contribution in [0.15, 0.2) is 18.2 Å². The predicted octanol–water partition coefficient (Wildman–Crippen LogP) is 3.17. The Balaban J connectivity index is 2.85. The van der Waals surface area contributed by atoms with Gasteiger partial charge in [0.1, 0.15) is 17.9 Å². The summed E-state index contributed by atoms with van der Waals surface area (Å²) in [5.41, 5.74) is 1.86. The monoisotopic (exact) mass is 260 g/mol. The molecule has 1 rings (SSSR count). The van der Waals surface area contributed by atoms with Crippen LogP contribution >= 0.6 is 0 Å². The van der Waals surface area contributed by atoms with E-state index in [0.29, 0.717) is 6.61 Å². The van der Waals surface area contributed by atoms with Gasteiger partial charge in [-0.1, -0.05) is 32.9 Å². The van der Waals surface area contributed by atoms with E-state index in [-0.39, 0.29) is 5.41 Å². The molecule has 1 unspecified atom stereocenters. The second kappa shape index (κ2) is 5.63. The SMILES string of the molecule is CNC(C)(C#N)COc1ccc(C(C)(C)C)cc1C. The Morgan fingerprint density at radius 2 is 1.89 bits per heavy atom. The number of nitrogens with zero attached hydrogens (tertiary/aromatic N) is 1. The number of hydrogen-bond acceptors (Lipinski definition) is 3. The van der Waals surface area contributed by atoms with E-state index in [1.165, 1.54) is 5.56 Å². The van der Waals surface area contributed by atoms with Gasteiger partial charge < -0.3 is 4.74 Å². The maximum absolute atomic E-state index is 9.09. The highest BCUT2D eigenvalue weighted by molar-refractivity contribution is 5.38. The fourth-order valence-electron chi connectivity index (χ4n) is 1.66. The first-order valence-corrected chi connectivity index (χ1v) is 6.56. The molecule has 0 saturated heterocycles. The molecule has 19 heavy (non-hydrogen) atoms. The van der Waals surface area contributed by atoms with Crippen molar-refractivity contribution in [1.82, 2.24) is 5.32 Å². The topological polar surface area (TPSA) is 45.0 Å². The molecule has 1 aromatic carbocycles. The molecule has 0 saturated carbocycles. The van der Waals surface area contributed by atoms with E-state index in [4.69, 9.17) is 10.00 Å². The van der Waals surface area contributed by atoms with Gasteiger partial charge in [-0.05, 0) is 43.5 Å². The van der Waals surface area contributed by atoms with Crippen LogP contribution in [-0.2, 0) is 5.41 Å². The minimum absolute atomic E-state index is 0.134. The third-order valence-corrected chi connectivity index (χ3v) is 3.36. The van der Waals surface area contributed by atoms with Crippen molar-refractivity contribution in [2.45, 2.75) is 45.6 Å². The van der Waals surface area contributed by atoms with Crippen LogP contribution in [0.1, 0.15) is 38.8 Å². The molecule has 1 aromatic rings. The second-order valence-corrected chi connectivity index (χ2v) is 6.21. The summed E-state index contributed by atoms with van der Waals surface area (Å²) in [5, 5.41) is 12.1. The Morgan fingerprint density at radius 1 is 1.26 bits per heavy atom.